The van der Waals surface area contributed by atoms with Crippen LogP contribution in [0.15, 0.2) is 4.47 Å². The van der Waals surface area contributed by atoms with Crippen LogP contribution >= 0.6 is 15.9 Å². The van der Waals surface area contributed by atoms with Crippen molar-refractivity contribution in [3.63, 3.8) is 0 Å². The third-order valence-corrected chi connectivity index (χ3v) is 5.19. The molecule has 1 aromatic heterocycles. The molecular weight excluding hydrogens is 304 g/mol. The summed E-state index contributed by atoms with van der Waals surface area (Å²) in [5.74, 6) is 0. The molecule has 19 heavy (non-hydrogen) atoms. The molecule has 0 amide bonds. The Labute approximate surface area is 124 Å². The molecule has 0 saturated carbocycles. The number of likely N-dealkylation sites (N-methyl/N-ethyl adjacent to an activating group) is 1. The van der Waals surface area contributed by atoms with E-state index in [-0.39, 0.29) is 0 Å². The Kier molecular flexibility index (Phi) is 5.03. The van der Waals surface area contributed by atoms with Gasteiger partial charge in [0, 0.05) is 38.8 Å². The fourth-order valence-electron chi connectivity index (χ4n) is 2.83. The zero-order valence-electron chi connectivity index (χ0n) is 12.5. The summed E-state index contributed by atoms with van der Waals surface area (Å²) in [5, 5.41) is 4.58. The Morgan fingerprint density at radius 2 is 2.05 bits per heavy atom. The molecule has 0 bridgehead atoms. The smallest absolute Gasteiger partial charge is 0.0739 e. The van der Waals surface area contributed by atoms with Crippen LogP contribution in [0.3, 0.4) is 0 Å². The highest BCUT2D eigenvalue weighted by atomic mass is 79.9. The van der Waals surface area contributed by atoms with Gasteiger partial charge in [0.1, 0.15) is 0 Å². The third-order valence-electron chi connectivity index (χ3n) is 4.16. The van der Waals surface area contributed by atoms with Crippen LogP contribution in [0.2, 0.25) is 0 Å². The lowest BCUT2D eigenvalue weighted by atomic mass is 10.1. The lowest BCUT2D eigenvalue weighted by Crippen LogP contribution is -2.50. The second-order valence-electron chi connectivity index (χ2n) is 5.44. The molecule has 0 N–H and O–H groups in total. The molecule has 2 heterocycles. The Hall–Kier alpha value is -0.390. The maximum Gasteiger partial charge on any atom is 0.0739 e. The molecule has 1 unspecified atom stereocenters. The molecule has 108 valence electrons. The highest BCUT2D eigenvalue weighted by Gasteiger charge is 2.24. The summed E-state index contributed by atoms with van der Waals surface area (Å²) >= 11 is 3.69. The largest absolute Gasteiger partial charge is 0.301 e. The van der Waals surface area contributed by atoms with Gasteiger partial charge in [0.25, 0.3) is 0 Å². The topological polar surface area (TPSA) is 24.3 Å². The van der Waals surface area contributed by atoms with Crippen molar-refractivity contribution in [1.82, 2.24) is 19.6 Å². The quantitative estimate of drug-likeness (QED) is 0.848. The van der Waals surface area contributed by atoms with Crippen LogP contribution in [0.5, 0.6) is 0 Å². The fraction of sp³-hybridized carbons (Fsp3) is 0.786. The van der Waals surface area contributed by atoms with E-state index < -0.39 is 0 Å². The molecule has 1 atom stereocenters. The Morgan fingerprint density at radius 1 is 1.32 bits per heavy atom. The van der Waals surface area contributed by atoms with Gasteiger partial charge in [-0.1, -0.05) is 6.92 Å². The number of piperazine rings is 1. The molecule has 5 heteroatoms. The lowest BCUT2D eigenvalue weighted by Gasteiger charge is -2.39. The van der Waals surface area contributed by atoms with E-state index in [1.54, 1.807) is 0 Å². The van der Waals surface area contributed by atoms with Gasteiger partial charge in [-0.15, -0.1) is 0 Å². The summed E-state index contributed by atoms with van der Waals surface area (Å²) in [6, 6.07) is 0.687. The van der Waals surface area contributed by atoms with Gasteiger partial charge in [-0.2, -0.15) is 5.10 Å². The minimum absolute atomic E-state index is 0.687. The Bertz CT molecular complexity index is 429. The second kappa shape index (κ2) is 6.37. The van der Waals surface area contributed by atoms with Crippen LogP contribution < -0.4 is 0 Å². The normalized spacial score (nSPS) is 22.1. The van der Waals surface area contributed by atoms with Crippen LogP contribution in [0.4, 0.5) is 0 Å². The van der Waals surface area contributed by atoms with E-state index in [9.17, 15) is 0 Å². The molecule has 1 fully saturated rings. The summed E-state index contributed by atoms with van der Waals surface area (Å²) in [6.45, 7) is 11.9. The molecule has 4 nitrogen and oxygen atoms in total. The number of aromatic nitrogens is 2. The van der Waals surface area contributed by atoms with Gasteiger partial charge >= 0.3 is 0 Å². The molecule has 0 radical (unpaired) electrons. The number of hydrogen-bond acceptors (Lipinski definition) is 3. The number of aryl methyl sites for hydroxylation is 2. The van der Waals surface area contributed by atoms with Crippen molar-refractivity contribution >= 4 is 15.9 Å². The van der Waals surface area contributed by atoms with Gasteiger partial charge in [-0.05, 0) is 43.2 Å². The van der Waals surface area contributed by atoms with Crippen LogP contribution in [-0.4, -0.2) is 52.3 Å². The molecular formula is C14H25BrN4. The number of rotatable bonds is 4. The van der Waals surface area contributed by atoms with Gasteiger partial charge in [-0.3, -0.25) is 9.58 Å². The molecule has 1 aliphatic rings. The fourth-order valence-corrected chi connectivity index (χ4v) is 3.24. The average Bonchev–Trinajstić information content (AvgIpc) is 2.68. The standard InChI is InChI=1S/C14H25BrN4/c1-5-12-9-18(8-7-17(12)4)10-13-14(15)11(3)16-19(13)6-2/h12H,5-10H2,1-4H3. The zero-order chi connectivity index (χ0) is 14.0. The highest BCUT2D eigenvalue weighted by molar-refractivity contribution is 9.10. The van der Waals surface area contributed by atoms with E-state index in [2.05, 4.69) is 63.3 Å². The van der Waals surface area contributed by atoms with E-state index >= 15 is 0 Å². The molecule has 1 aromatic rings. The second-order valence-corrected chi connectivity index (χ2v) is 6.23. The summed E-state index contributed by atoms with van der Waals surface area (Å²) < 4.78 is 3.31. The van der Waals surface area contributed by atoms with E-state index in [1.807, 2.05) is 0 Å². The van der Waals surface area contributed by atoms with Gasteiger partial charge < -0.3 is 4.90 Å². The Balaban J connectivity index is 2.09. The maximum absolute atomic E-state index is 4.58. The summed E-state index contributed by atoms with van der Waals surface area (Å²) in [6.07, 6.45) is 1.22. The van der Waals surface area contributed by atoms with E-state index in [1.165, 1.54) is 16.6 Å². The van der Waals surface area contributed by atoms with Crippen molar-refractivity contribution in [3.05, 3.63) is 15.9 Å². The predicted molar refractivity (Wildman–Crippen MR) is 82.3 cm³/mol. The first-order valence-corrected chi connectivity index (χ1v) is 8.00. The van der Waals surface area contributed by atoms with Crippen molar-refractivity contribution < 1.29 is 0 Å². The first-order chi connectivity index (χ1) is 9.06. The minimum atomic E-state index is 0.687. The summed E-state index contributed by atoms with van der Waals surface area (Å²) in [7, 11) is 2.24. The molecule has 2 rings (SSSR count). The molecule has 1 saturated heterocycles. The first kappa shape index (κ1) is 15.0. The molecule has 0 aliphatic carbocycles. The molecule has 0 spiro atoms. The Morgan fingerprint density at radius 3 is 2.68 bits per heavy atom. The number of hydrogen-bond donors (Lipinski definition) is 0. The number of halogens is 1. The van der Waals surface area contributed by atoms with E-state index in [4.69, 9.17) is 0 Å². The van der Waals surface area contributed by atoms with Crippen molar-refractivity contribution in [2.24, 2.45) is 0 Å². The predicted octanol–water partition coefficient (Wildman–Crippen LogP) is 2.50. The first-order valence-electron chi connectivity index (χ1n) is 7.21. The van der Waals surface area contributed by atoms with E-state index in [0.717, 1.165) is 38.4 Å². The average molecular weight is 329 g/mol. The van der Waals surface area contributed by atoms with Gasteiger partial charge in [0.05, 0.1) is 15.9 Å². The SMILES string of the molecule is CCC1CN(Cc2c(Br)c(C)nn2CC)CCN1C. The monoisotopic (exact) mass is 328 g/mol. The van der Waals surface area contributed by atoms with Crippen LogP contribution in [-0.2, 0) is 13.1 Å². The van der Waals surface area contributed by atoms with Crippen molar-refractivity contribution in [2.45, 2.75) is 46.3 Å². The van der Waals surface area contributed by atoms with Gasteiger partial charge in [0.2, 0.25) is 0 Å². The van der Waals surface area contributed by atoms with Gasteiger partial charge in [-0.25, -0.2) is 0 Å². The van der Waals surface area contributed by atoms with Crippen molar-refractivity contribution in [2.75, 3.05) is 26.7 Å². The summed E-state index contributed by atoms with van der Waals surface area (Å²) in [4.78, 5) is 5.04. The van der Waals surface area contributed by atoms with Gasteiger partial charge in [0.15, 0.2) is 0 Å². The third kappa shape index (κ3) is 3.20. The van der Waals surface area contributed by atoms with Crippen molar-refractivity contribution in [1.29, 1.82) is 0 Å². The van der Waals surface area contributed by atoms with Crippen molar-refractivity contribution in [3.8, 4) is 0 Å². The van der Waals surface area contributed by atoms with Crippen LogP contribution in [0, 0.1) is 6.92 Å². The highest BCUT2D eigenvalue weighted by Crippen LogP contribution is 2.23. The molecule has 0 aromatic carbocycles. The minimum Gasteiger partial charge on any atom is -0.301 e. The lowest BCUT2D eigenvalue weighted by molar-refractivity contribution is 0.0863. The zero-order valence-corrected chi connectivity index (χ0v) is 14.1. The maximum atomic E-state index is 4.58. The summed E-state index contributed by atoms with van der Waals surface area (Å²) in [5.41, 5.74) is 2.41. The van der Waals surface area contributed by atoms with E-state index in [0.29, 0.717) is 6.04 Å². The molecule has 1 aliphatic heterocycles. The van der Waals surface area contributed by atoms with Crippen LogP contribution in [0.25, 0.3) is 0 Å². The number of nitrogens with zero attached hydrogens (tertiary/aromatic N) is 4. The van der Waals surface area contributed by atoms with Crippen LogP contribution in [0.1, 0.15) is 31.7 Å².